The van der Waals surface area contributed by atoms with E-state index in [0.29, 0.717) is 12.8 Å². The highest BCUT2D eigenvalue weighted by Crippen LogP contribution is 2.39. The Hall–Kier alpha value is -0.780. The summed E-state index contributed by atoms with van der Waals surface area (Å²) in [6.07, 6.45) is -2.99. The summed E-state index contributed by atoms with van der Waals surface area (Å²) in [7, 11) is 0. The molecule has 0 aromatic rings. The highest BCUT2D eigenvalue weighted by molar-refractivity contribution is 5.76. The van der Waals surface area contributed by atoms with Crippen molar-refractivity contribution in [3.63, 3.8) is 0 Å². The fourth-order valence-corrected chi connectivity index (χ4v) is 2.43. The quantitative estimate of drug-likeness (QED) is 0.682. The molecule has 2 aliphatic heterocycles. The van der Waals surface area contributed by atoms with Crippen molar-refractivity contribution in [2.75, 3.05) is 0 Å². The molecule has 3 rings (SSSR count). The number of alkyl halides is 3. The molecule has 1 saturated carbocycles. The van der Waals surface area contributed by atoms with Crippen LogP contribution in [0.15, 0.2) is 0 Å². The van der Waals surface area contributed by atoms with Crippen LogP contribution < -0.4 is 5.32 Å². The first-order valence-electron chi connectivity index (χ1n) is 4.85. The van der Waals surface area contributed by atoms with Crippen LogP contribution in [0.1, 0.15) is 26.2 Å². The number of halogens is 3. The van der Waals surface area contributed by atoms with Gasteiger partial charge in [0.25, 0.3) is 0 Å². The van der Waals surface area contributed by atoms with Gasteiger partial charge in [-0.25, -0.2) is 4.79 Å². The van der Waals surface area contributed by atoms with Crippen molar-refractivity contribution in [1.29, 1.82) is 0 Å². The Kier molecular flexibility index (Phi) is 2.22. The smallest absolute Gasteiger partial charge is 0.453 e. The maximum atomic E-state index is 12.0. The number of esters is 1. The Morgan fingerprint density at radius 1 is 1.40 bits per heavy atom. The third kappa shape index (κ3) is 2.09. The number of hydrogen-bond donors (Lipinski definition) is 1. The van der Waals surface area contributed by atoms with E-state index < -0.39 is 17.7 Å². The molecule has 1 aliphatic carbocycles. The minimum absolute atomic E-state index is 0.204. The molecule has 15 heavy (non-hydrogen) atoms. The van der Waals surface area contributed by atoms with E-state index in [1.807, 2.05) is 0 Å². The molecule has 0 aromatic carbocycles. The normalized spacial score (nSPS) is 39.5. The predicted octanol–water partition coefficient (Wildman–Crippen LogP) is 1.37. The molecule has 3 nitrogen and oxygen atoms in total. The molecule has 0 aromatic heterocycles. The predicted molar refractivity (Wildman–Crippen MR) is 45.1 cm³/mol. The molecule has 3 aliphatic rings. The van der Waals surface area contributed by atoms with Gasteiger partial charge in [0.15, 0.2) is 0 Å². The van der Waals surface area contributed by atoms with Crippen LogP contribution in [-0.4, -0.2) is 29.8 Å². The second-order valence-electron chi connectivity index (χ2n) is 4.54. The zero-order valence-electron chi connectivity index (χ0n) is 8.23. The molecule has 2 bridgehead atoms. The Labute approximate surface area is 85.0 Å². The van der Waals surface area contributed by atoms with Crippen molar-refractivity contribution in [1.82, 2.24) is 5.32 Å². The largest absolute Gasteiger partial charge is 0.490 e. The number of hydrogen-bond acceptors (Lipinski definition) is 3. The SMILES string of the molecule is CC1(OC(=O)C(F)(F)F)CC2CC(C1)N2. The average Bonchev–Trinajstić information content (AvgIpc) is 1.98. The Morgan fingerprint density at radius 2 is 1.87 bits per heavy atom. The van der Waals surface area contributed by atoms with Gasteiger partial charge in [0.1, 0.15) is 5.60 Å². The van der Waals surface area contributed by atoms with Crippen LogP contribution in [0.3, 0.4) is 0 Å². The standard InChI is InChI=1S/C9H12F3NO2/c1-8(15-7(14)9(10,11)12)3-5-2-6(4-8)13-5/h5-6,13H,2-4H2,1H3. The molecule has 1 N–H and O–H groups in total. The Bertz CT molecular complexity index is 274. The first-order chi connectivity index (χ1) is 6.78. The zero-order valence-corrected chi connectivity index (χ0v) is 8.23. The molecule has 3 fully saturated rings. The van der Waals surface area contributed by atoms with Crippen molar-refractivity contribution < 1.29 is 22.7 Å². The van der Waals surface area contributed by atoms with Gasteiger partial charge in [-0.15, -0.1) is 0 Å². The summed E-state index contributed by atoms with van der Waals surface area (Å²) in [5, 5.41) is 3.17. The van der Waals surface area contributed by atoms with Crippen molar-refractivity contribution in [2.24, 2.45) is 0 Å². The maximum absolute atomic E-state index is 12.0. The van der Waals surface area contributed by atoms with Gasteiger partial charge in [-0.3, -0.25) is 0 Å². The lowest BCUT2D eigenvalue weighted by Gasteiger charge is -2.50. The molecule has 6 heteroatoms. The zero-order chi connectivity index (χ0) is 11.3. The number of piperidine rings is 1. The third-order valence-electron chi connectivity index (χ3n) is 2.97. The number of carbonyl (C=O) groups is 1. The van der Waals surface area contributed by atoms with Gasteiger partial charge in [0, 0.05) is 24.9 Å². The highest BCUT2D eigenvalue weighted by atomic mass is 19.4. The number of ether oxygens (including phenoxy) is 1. The van der Waals surface area contributed by atoms with Crippen LogP contribution in [0.5, 0.6) is 0 Å². The van der Waals surface area contributed by atoms with Crippen LogP contribution in [-0.2, 0) is 9.53 Å². The van der Waals surface area contributed by atoms with E-state index in [1.165, 1.54) is 0 Å². The van der Waals surface area contributed by atoms with Crippen LogP contribution >= 0.6 is 0 Å². The molecule has 86 valence electrons. The van der Waals surface area contributed by atoms with Crippen LogP contribution in [0.2, 0.25) is 0 Å². The topological polar surface area (TPSA) is 38.3 Å². The second kappa shape index (κ2) is 3.10. The van der Waals surface area contributed by atoms with E-state index in [9.17, 15) is 18.0 Å². The molecule has 2 heterocycles. The lowest BCUT2D eigenvalue weighted by Crippen LogP contribution is -2.63. The van der Waals surface area contributed by atoms with Crippen molar-refractivity contribution >= 4 is 5.97 Å². The molecule has 2 saturated heterocycles. The van der Waals surface area contributed by atoms with E-state index in [2.05, 4.69) is 10.1 Å². The Balaban J connectivity index is 1.96. The van der Waals surface area contributed by atoms with Gasteiger partial charge < -0.3 is 10.1 Å². The van der Waals surface area contributed by atoms with Gasteiger partial charge >= 0.3 is 12.1 Å². The van der Waals surface area contributed by atoms with Gasteiger partial charge in [-0.1, -0.05) is 0 Å². The van der Waals surface area contributed by atoms with Crippen molar-refractivity contribution in [3.8, 4) is 0 Å². The van der Waals surface area contributed by atoms with E-state index in [-0.39, 0.29) is 12.1 Å². The number of rotatable bonds is 1. The van der Waals surface area contributed by atoms with Crippen LogP contribution in [0, 0.1) is 0 Å². The van der Waals surface area contributed by atoms with Gasteiger partial charge in [0.2, 0.25) is 0 Å². The minimum atomic E-state index is -4.89. The number of fused-ring (bicyclic) bond motifs is 2. The Morgan fingerprint density at radius 3 is 2.27 bits per heavy atom. The van der Waals surface area contributed by atoms with Crippen LogP contribution in [0.4, 0.5) is 13.2 Å². The lowest BCUT2D eigenvalue weighted by atomic mass is 9.74. The number of carbonyl (C=O) groups excluding carboxylic acids is 1. The lowest BCUT2D eigenvalue weighted by molar-refractivity contribution is -0.218. The summed E-state index contributed by atoms with van der Waals surface area (Å²) in [6.45, 7) is 1.57. The fraction of sp³-hybridized carbons (Fsp3) is 0.889. The second-order valence-corrected chi connectivity index (χ2v) is 4.54. The van der Waals surface area contributed by atoms with Crippen molar-refractivity contribution in [3.05, 3.63) is 0 Å². The number of nitrogens with one attached hydrogen (secondary N) is 1. The molecule has 2 unspecified atom stereocenters. The molecular formula is C9H12F3NO2. The van der Waals surface area contributed by atoms with Crippen molar-refractivity contribution in [2.45, 2.75) is 50.0 Å². The first-order valence-corrected chi connectivity index (χ1v) is 4.85. The fourth-order valence-electron chi connectivity index (χ4n) is 2.43. The summed E-state index contributed by atoms with van der Waals surface area (Å²) in [6, 6.07) is 0.407. The third-order valence-corrected chi connectivity index (χ3v) is 2.97. The van der Waals surface area contributed by atoms with E-state index in [0.717, 1.165) is 6.42 Å². The summed E-state index contributed by atoms with van der Waals surface area (Å²) in [4.78, 5) is 10.7. The van der Waals surface area contributed by atoms with Gasteiger partial charge in [0.05, 0.1) is 0 Å². The molecule has 0 amide bonds. The van der Waals surface area contributed by atoms with E-state index >= 15 is 0 Å². The monoisotopic (exact) mass is 223 g/mol. The first kappa shape index (κ1) is 10.7. The molecule has 0 radical (unpaired) electrons. The highest BCUT2D eigenvalue weighted by Gasteiger charge is 2.50. The molecule has 0 spiro atoms. The van der Waals surface area contributed by atoms with E-state index in [4.69, 9.17) is 0 Å². The summed E-state index contributed by atoms with van der Waals surface area (Å²) in [5.74, 6) is -2.08. The summed E-state index contributed by atoms with van der Waals surface area (Å²) in [5.41, 5.74) is -0.953. The molecule has 2 atom stereocenters. The van der Waals surface area contributed by atoms with Crippen LogP contribution in [0.25, 0.3) is 0 Å². The van der Waals surface area contributed by atoms with E-state index in [1.54, 1.807) is 6.92 Å². The summed E-state index contributed by atoms with van der Waals surface area (Å²) < 4.78 is 40.5. The van der Waals surface area contributed by atoms with Gasteiger partial charge in [-0.05, 0) is 13.3 Å². The molecular weight excluding hydrogens is 211 g/mol. The summed E-state index contributed by atoms with van der Waals surface area (Å²) >= 11 is 0. The maximum Gasteiger partial charge on any atom is 0.490 e. The minimum Gasteiger partial charge on any atom is -0.453 e. The average molecular weight is 223 g/mol. The van der Waals surface area contributed by atoms with Gasteiger partial charge in [-0.2, -0.15) is 13.2 Å².